The predicted molar refractivity (Wildman–Crippen MR) is 161 cm³/mol. The quantitative estimate of drug-likeness (QED) is 0.224. The van der Waals surface area contributed by atoms with Crippen LogP contribution in [0.4, 0.5) is 19.2 Å². The Balaban J connectivity index is 2.17. The van der Waals surface area contributed by atoms with Crippen molar-refractivity contribution in [1.29, 1.82) is 0 Å². The Morgan fingerprint density at radius 2 is 1.37 bits per heavy atom. The number of hydrogen-bond donors (Lipinski definition) is 1. The zero-order valence-corrected chi connectivity index (χ0v) is 29.3. The van der Waals surface area contributed by atoms with E-state index in [4.69, 9.17) is 47.4 Å². The molecular formula is C29H39IO16. The number of Topliss-reactive ketones (excluding diaryl/α,β-unsaturated/α-hetero) is 1. The Bertz CT molecular complexity index is 1300. The number of aliphatic hydroxyl groups excluding tert-OH is 1. The second kappa shape index (κ2) is 13.3. The Hall–Kier alpha value is -3.48. The number of methoxy groups -OCH3 is 1. The van der Waals surface area contributed by atoms with Crippen molar-refractivity contribution in [2.45, 2.75) is 115 Å². The van der Waals surface area contributed by atoms with E-state index in [-0.39, 0.29) is 9.34 Å². The van der Waals surface area contributed by atoms with Crippen LogP contribution < -0.4 is 0 Å². The number of fused-ring (bicyclic) bond motifs is 2. The van der Waals surface area contributed by atoms with Crippen molar-refractivity contribution < 1.29 is 76.4 Å². The first-order valence-corrected chi connectivity index (χ1v) is 15.1. The number of halogens is 1. The van der Waals surface area contributed by atoms with Gasteiger partial charge in [-0.15, -0.1) is 0 Å². The van der Waals surface area contributed by atoms with E-state index in [9.17, 15) is 29.1 Å². The molecule has 0 aromatic rings. The first-order chi connectivity index (χ1) is 21.0. The molecule has 258 valence electrons. The lowest BCUT2D eigenvalue weighted by molar-refractivity contribution is -0.291. The van der Waals surface area contributed by atoms with E-state index in [1.165, 1.54) is 0 Å². The molecule has 2 aliphatic heterocycles. The molecule has 0 aromatic heterocycles. The maximum atomic E-state index is 13.8. The Morgan fingerprint density at radius 1 is 0.870 bits per heavy atom. The third-order valence-corrected chi connectivity index (χ3v) is 7.17. The van der Waals surface area contributed by atoms with Crippen molar-refractivity contribution in [3.8, 4) is 0 Å². The summed E-state index contributed by atoms with van der Waals surface area (Å²) >= 11 is 1.55. The minimum atomic E-state index is -2.44. The van der Waals surface area contributed by atoms with Gasteiger partial charge in [-0.3, -0.25) is 4.79 Å². The first-order valence-electron chi connectivity index (χ1n) is 14.1. The fraction of sp³-hybridized carbons (Fsp3) is 0.690. The molecule has 1 aliphatic carbocycles. The number of ether oxygens (including phenoxy) is 10. The van der Waals surface area contributed by atoms with Crippen molar-refractivity contribution in [3.63, 3.8) is 0 Å². The van der Waals surface area contributed by atoms with Crippen LogP contribution in [-0.2, 0) is 52.2 Å². The van der Waals surface area contributed by atoms with E-state index in [2.05, 4.69) is 0 Å². The third kappa shape index (κ3) is 8.65. The van der Waals surface area contributed by atoms with E-state index in [1.54, 1.807) is 84.9 Å². The number of ketones is 1. The lowest BCUT2D eigenvalue weighted by atomic mass is 9.77. The normalized spacial score (nSPS) is 28.2. The fourth-order valence-corrected chi connectivity index (χ4v) is 5.12. The second-order valence-corrected chi connectivity index (χ2v) is 14.5. The monoisotopic (exact) mass is 770 g/mol. The molecule has 2 saturated heterocycles. The summed E-state index contributed by atoms with van der Waals surface area (Å²) in [5.74, 6) is -1.82. The third-order valence-electron chi connectivity index (χ3n) is 6.13. The van der Waals surface area contributed by atoms with Gasteiger partial charge < -0.3 is 52.5 Å². The SMILES string of the molecule is COC1=CC(O)=C(I)C(=O)[C@@]12OC(=O)OC1C(OC(=O)OC(C)(C)C)[C@H](OC(=O)OC(C)(C)C)[C@H](COC(=O)OC(C)(C)C)O[C@H]12. The van der Waals surface area contributed by atoms with Gasteiger partial charge >= 0.3 is 24.6 Å². The van der Waals surface area contributed by atoms with Crippen LogP contribution in [0.1, 0.15) is 62.3 Å². The van der Waals surface area contributed by atoms with Crippen molar-refractivity contribution in [1.82, 2.24) is 0 Å². The summed E-state index contributed by atoms with van der Waals surface area (Å²) in [5.41, 5.74) is -5.47. The molecule has 0 aromatic carbocycles. The maximum Gasteiger partial charge on any atom is 0.510 e. The van der Waals surface area contributed by atoms with Crippen LogP contribution in [0, 0.1) is 0 Å². The van der Waals surface area contributed by atoms with Crippen LogP contribution >= 0.6 is 22.6 Å². The fourth-order valence-electron chi connectivity index (χ4n) is 4.57. The van der Waals surface area contributed by atoms with Crippen LogP contribution in [0.15, 0.2) is 21.2 Å². The van der Waals surface area contributed by atoms with Gasteiger partial charge in [0.25, 0.3) is 5.60 Å². The van der Waals surface area contributed by atoms with Crippen molar-refractivity contribution in [3.05, 3.63) is 21.2 Å². The molecule has 17 heteroatoms. The average molecular weight is 771 g/mol. The predicted octanol–water partition coefficient (Wildman–Crippen LogP) is 4.94. The highest BCUT2D eigenvalue weighted by Crippen LogP contribution is 2.47. The van der Waals surface area contributed by atoms with Gasteiger partial charge in [0.1, 0.15) is 38.9 Å². The van der Waals surface area contributed by atoms with Crippen LogP contribution in [-0.4, -0.2) is 102 Å². The number of aliphatic hydroxyl groups is 1. The standard InChI is InChI=1S/C29H39IO16/c1-26(2,3)43-22(33)38-12-14-17(40-23(34)44-27(4,5)6)18(41-24(35)45-28(7,8)9)19-21(39-14)29(46-25(36)42-19)15(37-10)11-13(31)16(30)20(29)32/h11,14,17-19,21,31H,12H2,1-10H3/t14-,17+,18?,19?,21+,29-/m0/s1. The molecule has 2 fully saturated rings. The molecule has 2 heterocycles. The molecule has 2 unspecified atom stereocenters. The summed E-state index contributed by atoms with van der Waals surface area (Å²) < 4.78 is 54.5. The van der Waals surface area contributed by atoms with E-state index in [0.29, 0.717) is 0 Å². The Kier molecular flexibility index (Phi) is 10.7. The molecule has 3 rings (SSSR count). The van der Waals surface area contributed by atoms with Crippen LogP contribution in [0.5, 0.6) is 0 Å². The molecule has 1 N–H and O–H groups in total. The van der Waals surface area contributed by atoms with Crippen molar-refractivity contribution in [2.75, 3.05) is 13.7 Å². The molecule has 3 aliphatic rings. The molecule has 16 nitrogen and oxygen atoms in total. The van der Waals surface area contributed by atoms with Crippen LogP contribution in [0.25, 0.3) is 0 Å². The summed E-state index contributed by atoms with van der Waals surface area (Å²) in [5, 5.41) is 10.4. The molecule has 0 saturated carbocycles. The van der Waals surface area contributed by atoms with Crippen molar-refractivity contribution >= 4 is 53.0 Å². The molecule has 1 spiro atoms. The number of rotatable bonds is 5. The smallest absolute Gasteiger partial charge is 0.507 e. The van der Waals surface area contributed by atoms with Gasteiger partial charge in [-0.2, -0.15) is 0 Å². The number of carbonyl (C=O) groups excluding carboxylic acids is 5. The van der Waals surface area contributed by atoms with Crippen LogP contribution in [0.3, 0.4) is 0 Å². The topological polar surface area (TPSA) is 198 Å². The summed E-state index contributed by atoms with van der Waals surface area (Å²) in [6, 6.07) is 0. The summed E-state index contributed by atoms with van der Waals surface area (Å²) in [6.07, 6.45) is -12.5. The largest absolute Gasteiger partial charge is 0.510 e. The highest BCUT2D eigenvalue weighted by atomic mass is 127. The molecule has 0 amide bonds. The molecule has 0 bridgehead atoms. The first kappa shape index (κ1) is 37.0. The van der Waals surface area contributed by atoms with Gasteiger partial charge in [0.15, 0.2) is 30.2 Å². The van der Waals surface area contributed by atoms with E-state index in [0.717, 1.165) is 13.2 Å². The number of hydrogen-bond acceptors (Lipinski definition) is 16. The maximum absolute atomic E-state index is 13.8. The molecule has 46 heavy (non-hydrogen) atoms. The van der Waals surface area contributed by atoms with E-state index in [1.807, 2.05) is 0 Å². The summed E-state index contributed by atoms with van der Waals surface area (Å²) in [4.78, 5) is 65.4. The minimum Gasteiger partial charge on any atom is -0.507 e. The number of allylic oxidation sites excluding steroid dienone is 1. The molecule has 0 radical (unpaired) electrons. The van der Waals surface area contributed by atoms with E-state index < -0.39 is 95.7 Å². The second-order valence-electron chi connectivity index (χ2n) is 13.4. The van der Waals surface area contributed by atoms with Crippen LogP contribution in [0.2, 0.25) is 0 Å². The van der Waals surface area contributed by atoms with Gasteiger partial charge in [0, 0.05) is 6.08 Å². The Labute approximate surface area is 279 Å². The number of carbonyl (C=O) groups is 5. The molecule has 6 atom stereocenters. The lowest BCUT2D eigenvalue weighted by Crippen LogP contribution is -2.73. The highest BCUT2D eigenvalue weighted by Gasteiger charge is 2.69. The van der Waals surface area contributed by atoms with Gasteiger partial charge in [-0.05, 0) is 84.9 Å². The van der Waals surface area contributed by atoms with Crippen molar-refractivity contribution in [2.24, 2.45) is 0 Å². The zero-order valence-electron chi connectivity index (χ0n) is 27.1. The highest BCUT2D eigenvalue weighted by molar-refractivity contribution is 14.1. The lowest BCUT2D eigenvalue weighted by Gasteiger charge is -2.52. The van der Waals surface area contributed by atoms with Gasteiger partial charge in [0.2, 0.25) is 5.78 Å². The minimum absolute atomic E-state index is 0.256. The Morgan fingerprint density at radius 3 is 1.87 bits per heavy atom. The summed E-state index contributed by atoms with van der Waals surface area (Å²) in [6.45, 7) is 13.5. The van der Waals surface area contributed by atoms with Gasteiger partial charge in [0.05, 0.1) is 7.11 Å². The zero-order chi connectivity index (χ0) is 35.0. The van der Waals surface area contributed by atoms with Gasteiger partial charge in [-0.25, -0.2) is 19.2 Å². The summed E-state index contributed by atoms with van der Waals surface area (Å²) in [7, 11) is 1.15. The van der Waals surface area contributed by atoms with Gasteiger partial charge in [-0.1, -0.05) is 0 Å². The van der Waals surface area contributed by atoms with E-state index >= 15 is 0 Å². The molecular weight excluding hydrogens is 731 g/mol. The average Bonchev–Trinajstić information content (AvgIpc) is 2.87.